The molecule has 1 heterocycles. The number of methoxy groups -OCH3 is 1. The first-order chi connectivity index (χ1) is 8.21. The van der Waals surface area contributed by atoms with Gasteiger partial charge in [0.25, 0.3) is 0 Å². The molecule has 0 fully saturated rings. The smallest absolute Gasteiger partial charge is 0.229 e. The van der Waals surface area contributed by atoms with Gasteiger partial charge in [-0.2, -0.15) is 4.98 Å². The Morgan fingerprint density at radius 2 is 2.18 bits per heavy atom. The van der Waals surface area contributed by atoms with Crippen LogP contribution in [0.2, 0.25) is 0 Å². The Morgan fingerprint density at radius 3 is 2.76 bits per heavy atom. The van der Waals surface area contributed by atoms with Crippen molar-refractivity contribution in [3.8, 4) is 0 Å². The monoisotopic (exact) mass is 244 g/mol. The largest absolute Gasteiger partial charge is 0.390 e. The molecule has 17 heavy (non-hydrogen) atoms. The molecular weight excluding hydrogens is 224 g/mol. The molecule has 0 aliphatic rings. The summed E-state index contributed by atoms with van der Waals surface area (Å²) in [7, 11) is 1.53. The summed E-state index contributed by atoms with van der Waals surface area (Å²) >= 11 is 0. The summed E-state index contributed by atoms with van der Waals surface area (Å²) in [6.07, 6.45) is 0.314. The minimum absolute atomic E-state index is 0.142. The van der Waals surface area contributed by atoms with Gasteiger partial charge in [0.15, 0.2) is 0 Å². The number of ether oxygens (including phenoxy) is 2. The first-order valence-corrected chi connectivity index (χ1v) is 5.82. The number of hydrogen-bond donors (Lipinski definition) is 1. The third-order valence-electron chi connectivity index (χ3n) is 2.28. The van der Waals surface area contributed by atoms with Gasteiger partial charge in [-0.15, -0.1) is 0 Å². The van der Waals surface area contributed by atoms with Crippen molar-refractivity contribution in [3.63, 3.8) is 0 Å². The number of nitrogens with zero attached hydrogens (tertiary/aromatic N) is 2. The van der Waals surface area contributed by atoms with E-state index in [0.717, 1.165) is 6.42 Å². The van der Waals surface area contributed by atoms with Gasteiger partial charge in [-0.3, -0.25) is 0 Å². The molecule has 2 unspecified atom stereocenters. The van der Waals surface area contributed by atoms with Gasteiger partial charge in [-0.25, -0.2) is 0 Å². The number of aliphatic hydroxyl groups excluding tert-OH is 1. The van der Waals surface area contributed by atoms with Crippen molar-refractivity contribution in [2.45, 2.75) is 38.9 Å². The van der Waals surface area contributed by atoms with Gasteiger partial charge < -0.3 is 19.1 Å². The molecular formula is C11H20N2O4. The van der Waals surface area contributed by atoms with E-state index in [4.69, 9.17) is 14.0 Å². The van der Waals surface area contributed by atoms with Crippen LogP contribution in [0.25, 0.3) is 0 Å². The summed E-state index contributed by atoms with van der Waals surface area (Å²) in [5.41, 5.74) is 0. The molecule has 0 amide bonds. The van der Waals surface area contributed by atoms with Gasteiger partial charge >= 0.3 is 0 Å². The zero-order chi connectivity index (χ0) is 12.7. The van der Waals surface area contributed by atoms with E-state index >= 15 is 0 Å². The molecule has 0 saturated carbocycles. The average molecular weight is 244 g/mol. The Balaban J connectivity index is 2.57. The Hall–Kier alpha value is -0.980. The zero-order valence-corrected chi connectivity index (χ0v) is 10.5. The van der Waals surface area contributed by atoms with Gasteiger partial charge in [0.05, 0.1) is 19.1 Å². The number of hydrogen-bond acceptors (Lipinski definition) is 6. The third kappa shape index (κ3) is 4.41. The SMILES string of the molecule is CCOC(CC)c1noc(CC(O)COC)n1. The van der Waals surface area contributed by atoms with Crippen molar-refractivity contribution >= 4 is 0 Å². The Kier molecular flexibility index (Phi) is 6.10. The van der Waals surface area contributed by atoms with Crippen LogP contribution in [0.3, 0.4) is 0 Å². The molecule has 0 aromatic carbocycles. The molecule has 0 saturated heterocycles. The predicted molar refractivity (Wildman–Crippen MR) is 60.5 cm³/mol. The van der Waals surface area contributed by atoms with E-state index in [1.54, 1.807) is 0 Å². The molecule has 6 heteroatoms. The van der Waals surface area contributed by atoms with Crippen LogP contribution in [-0.2, 0) is 15.9 Å². The first-order valence-electron chi connectivity index (χ1n) is 5.82. The van der Waals surface area contributed by atoms with E-state index in [9.17, 15) is 5.11 Å². The van der Waals surface area contributed by atoms with Crippen molar-refractivity contribution in [1.29, 1.82) is 0 Å². The standard InChI is InChI=1S/C11H20N2O4/c1-4-9(16-5-2)11-12-10(17-13-11)6-8(14)7-15-3/h8-9,14H,4-7H2,1-3H3. The Morgan fingerprint density at radius 1 is 1.41 bits per heavy atom. The lowest BCUT2D eigenvalue weighted by atomic mass is 10.2. The van der Waals surface area contributed by atoms with Gasteiger partial charge in [0.1, 0.15) is 6.10 Å². The van der Waals surface area contributed by atoms with E-state index < -0.39 is 6.10 Å². The Bertz CT molecular complexity index is 316. The van der Waals surface area contributed by atoms with Crippen molar-refractivity contribution in [3.05, 3.63) is 11.7 Å². The van der Waals surface area contributed by atoms with Crippen LogP contribution in [-0.4, -0.2) is 41.7 Å². The van der Waals surface area contributed by atoms with Crippen LogP contribution in [0.4, 0.5) is 0 Å². The lowest BCUT2D eigenvalue weighted by Gasteiger charge is -2.09. The highest BCUT2D eigenvalue weighted by molar-refractivity contribution is 4.92. The van der Waals surface area contributed by atoms with Crippen molar-refractivity contribution in [2.75, 3.05) is 20.3 Å². The quantitative estimate of drug-likeness (QED) is 0.738. The van der Waals surface area contributed by atoms with Crippen molar-refractivity contribution < 1.29 is 19.1 Å². The molecule has 0 aliphatic heterocycles. The Labute approximate surface area is 101 Å². The highest BCUT2D eigenvalue weighted by Gasteiger charge is 2.18. The average Bonchev–Trinajstić information content (AvgIpc) is 2.74. The normalized spacial score (nSPS) is 14.8. The first kappa shape index (κ1) is 14.1. The molecule has 0 radical (unpaired) electrons. The van der Waals surface area contributed by atoms with Crippen LogP contribution in [0.5, 0.6) is 0 Å². The van der Waals surface area contributed by atoms with Gasteiger partial charge in [-0.05, 0) is 13.3 Å². The van der Waals surface area contributed by atoms with Crippen LogP contribution < -0.4 is 0 Å². The van der Waals surface area contributed by atoms with Crippen LogP contribution in [0.15, 0.2) is 4.52 Å². The number of rotatable bonds is 8. The molecule has 1 N–H and O–H groups in total. The minimum Gasteiger partial charge on any atom is -0.390 e. The summed E-state index contributed by atoms with van der Waals surface area (Å²) < 4.78 is 15.4. The second-order valence-corrected chi connectivity index (χ2v) is 3.71. The fourth-order valence-electron chi connectivity index (χ4n) is 1.51. The molecule has 0 spiro atoms. The summed E-state index contributed by atoms with van der Waals surface area (Å²) in [6.45, 7) is 4.77. The van der Waals surface area contributed by atoms with E-state index in [-0.39, 0.29) is 12.7 Å². The third-order valence-corrected chi connectivity index (χ3v) is 2.28. The van der Waals surface area contributed by atoms with Crippen molar-refractivity contribution in [1.82, 2.24) is 10.1 Å². The molecule has 6 nitrogen and oxygen atoms in total. The lowest BCUT2D eigenvalue weighted by molar-refractivity contribution is 0.0518. The molecule has 1 rings (SSSR count). The fourth-order valence-corrected chi connectivity index (χ4v) is 1.51. The molecule has 98 valence electrons. The maximum Gasteiger partial charge on any atom is 0.229 e. The van der Waals surface area contributed by atoms with Gasteiger partial charge in [0, 0.05) is 13.7 Å². The van der Waals surface area contributed by atoms with E-state index in [1.165, 1.54) is 7.11 Å². The van der Waals surface area contributed by atoms with Crippen LogP contribution >= 0.6 is 0 Å². The maximum atomic E-state index is 9.53. The van der Waals surface area contributed by atoms with Crippen LogP contribution in [0, 0.1) is 0 Å². The second-order valence-electron chi connectivity index (χ2n) is 3.71. The van der Waals surface area contributed by atoms with E-state index in [1.807, 2.05) is 13.8 Å². The van der Waals surface area contributed by atoms with Gasteiger partial charge in [0.2, 0.25) is 11.7 Å². The molecule has 0 aliphatic carbocycles. The second kappa shape index (κ2) is 7.37. The lowest BCUT2D eigenvalue weighted by Crippen LogP contribution is -2.17. The van der Waals surface area contributed by atoms with Crippen LogP contribution in [0.1, 0.15) is 38.1 Å². The van der Waals surface area contributed by atoms with E-state index in [2.05, 4.69) is 10.1 Å². The van der Waals surface area contributed by atoms with E-state index in [0.29, 0.717) is 24.7 Å². The number of aromatic nitrogens is 2. The van der Waals surface area contributed by atoms with Gasteiger partial charge in [-0.1, -0.05) is 12.1 Å². The summed E-state index contributed by atoms with van der Waals surface area (Å²) in [4.78, 5) is 4.20. The molecule has 1 aromatic rings. The highest BCUT2D eigenvalue weighted by atomic mass is 16.5. The minimum atomic E-state index is -0.625. The molecule has 1 aromatic heterocycles. The fraction of sp³-hybridized carbons (Fsp3) is 0.818. The number of aliphatic hydroxyl groups is 1. The maximum absolute atomic E-state index is 9.53. The highest BCUT2D eigenvalue weighted by Crippen LogP contribution is 2.18. The van der Waals surface area contributed by atoms with Crippen molar-refractivity contribution in [2.24, 2.45) is 0 Å². The summed E-state index contributed by atoms with van der Waals surface area (Å²) in [5, 5.41) is 13.4. The topological polar surface area (TPSA) is 77.6 Å². The summed E-state index contributed by atoms with van der Waals surface area (Å²) in [5.74, 6) is 0.941. The summed E-state index contributed by atoms with van der Waals surface area (Å²) in [6, 6.07) is 0. The molecule has 2 atom stereocenters. The predicted octanol–water partition coefficient (Wildman–Crippen LogP) is 1.11. The molecule has 0 bridgehead atoms. The zero-order valence-electron chi connectivity index (χ0n) is 10.5.